The van der Waals surface area contributed by atoms with E-state index in [2.05, 4.69) is 5.32 Å². The molecule has 1 aliphatic rings. The molecule has 148 valence electrons. The van der Waals surface area contributed by atoms with Crippen molar-refractivity contribution in [3.63, 3.8) is 0 Å². The molecule has 0 aliphatic carbocycles. The Labute approximate surface area is 168 Å². The Balaban J connectivity index is 1.71. The van der Waals surface area contributed by atoms with E-state index < -0.39 is 21.8 Å². The minimum atomic E-state index is -3.64. The van der Waals surface area contributed by atoms with E-state index in [0.29, 0.717) is 25.1 Å². The van der Waals surface area contributed by atoms with Crippen LogP contribution in [-0.2, 0) is 14.8 Å². The number of amides is 2. The van der Waals surface area contributed by atoms with Crippen molar-refractivity contribution < 1.29 is 18.0 Å². The van der Waals surface area contributed by atoms with Crippen LogP contribution in [-0.4, -0.2) is 37.6 Å². The number of primary amides is 1. The average molecular weight is 422 g/mol. The molecule has 0 radical (unpaired) electrons. The molecule has 1 fully saturated rings. The van der Waals surface area contributed by atoms with Gasteiger partial charge in [0.1, 0.15) is 0 Å². The van der Waals surface area contributed by atoms with Gasteiger partial charge in [-0.2, -0.15) is 4.31 Å². The Hall–Kier alpha value is -2.42. The first-order valence-corrected chi connectivity index (χ1v) is 10.6. The molecule has 2 aromatic carbocycles. The fraction of sp³-hybridized carbons (Fsp3) is 0.263. The molecule has 7 nitrogen and oxygen atoms in total. The van der Waals surface area contributed by atoms with E-state index >= 15 is 0 Å². The third-order valence-electron chi connectivity index (χ3n) is 4.64. The first kappa shape index (κ1) is 20.3. The molecule has 1 unspecified atom stereocenters. The van der Waals surface area contributed by atoms with Gasteiger partial charge in [-0.05, 0) is 43.2 Å². The largest absolute Gasteiger partial charge is 0.366 e. The topological polar surface area (TPSA) is 110 Å². The van der Waals surface area contributed by atoms with Crippen molar-refractivity contribution in [3.8, 4) is 0 Å². The molecule has 1 heterocycles. The zero-order valence-electron chi connectivity index (χ0n) is 15.0. The summed E-state index contributed by atoms with van der Waals surface area (Å²) in [4.78, 5) is 24.1. The van der Waals surface area contributed by atoms with Crippen molar-refractivity contribution in [2.45, 2.75) is 17.7 Å². The highest BCUT2D eigenvalue weighted by Gasteiger charge is 2.33. The van der Waals surface area contributed by atoms with Crippen molar-refractivity contribution in [2.24, 2.45) is 11.7 Å². The van der Waals surface area contributed by atoms with Gasteiger partial charge in [-0.1, -0.05) is 29.8 Å². The Morgan fingerprint density at radius 2 is 1.86 bits per heavy atom. The zero-order valence-corrected chi connectivity index (χ0v) is 16.5. The maximum absolute atomic E-state index is 12.8. The first-order chi connectivity index (χ1) is 13.3. The SMILES string of the molecule is NC(=O)c1ccc(NC(=O)C2CCCN(S(=O)(=O)c3ccccc3)C2)cc1Cl. The van der Waals surface area contributed by atoms with Gasteiger partial charge in [0.2, 0.25) is 21.8 Å². The number of nitrogens with two attached hydrogens (primary N) is 1. The van der Waals surface area contributed by atoms with Crippen molar-refractivity contribution in [1.29, 1.82) is 0 Å². The van der Waals surface area contributed by atoms with Crippen LogP contribution in [0.4, 0.5) is 5.69 Å². The summed E-state index contributed by atoms with van der Waals surface area (Å²) in [7, 11) is -3.64. The van der Waals surface area contributed by atoms with Crippen molar-refractivity contribution in [2.75, 3.05) is 18.4 Å². The molecule has 3 rings (SSSR count). The van der Waals surface area contributed by atoms with E-state index in [1.807, 2.05) is 0 Å². The van der Waals surface area contributed by atoms with Crippen LogP contribution in [0.15, 0.2) is 53.4 Å². The Kier molecular flexibility index (Phi) is 6.02. The van der Waals surface area contributed by atoms with Crippen LogP contribution in [0.5, 0.6) is 0 Å². The predicted octanol–water partition coefficient (Wildman–Crippen LogP) is 2.48. The van der Waals surface area contributed by atoms with Crippen LogP contribution in [0.2, 0.25) is 5.02 Å². The number of carbonyl (C=O) groups excluding carboxylic acids is 2. The molecule has 9 heteroatoms. The van der Waals surface area contributed by atoms with Gasteiger partial charge in [-0.3, -0.25) is 9.59 Å². The number of hydrogen-bond acceptors (Lipinski definition) is 4. The lowest BCUT2D eigenvalue weighted by molar-refractivity contribution is -0.120. The highest BCUT2D eigenvalue weighted by Crippen LogP contribution is 2.26. The lowest BCUT2D eigenvalue weighted by Gasteiger charge is -2.31. The van der Waals surface area contributed by atoms with Gasteiger partial charge >= 0.3 is 0 Å². The fourth-order valence-corrected chi connectivity index (χ4v) is 4.97. The normalized spacial score (nSPS) is 17.8. The molecular weight excluding hydrogens is 402 g/mol. The number of sulfonamides is 1. The minimum absolute atomic E-state index is 0.107. The summed E-state index contributed by atoms with van der Waals surface area (Å²) >= 11 is 6.00. The van der Waals surface area contributed by atoms with E-state index in [0.717, 1.165) is 0 Å². The maximum atomic E-state index is 12.8. The summed E-state index contributed by atoms with van der Waals surface area (Å²) in [6, 6.07) is 12.6. The number of rotatable bonds is 5. The smallest absolute Gasteiger partial charge is 0.250 e. The van der Waals surface area contributed by atoms with Gasteiger partial charge in [0, 0.05) is 18.8 Å². The number of benzene rings is 2. The molecule has 2 aromatic rings. The standard InChI is InChI=1S/C19H20ClN3O4S/c20-17-11-14(8-9-16(17)18(21)24)22-19(25)13-5-4-10-23(12-13)28(26,27)15-6-2-1-3-7-15/h1-3,6-9,11,13H,4-5,10,12H2,(H2,21,24)(H,22,25). The van der Waals surface area contributed by atoms with Gasteiger partial charge in [-0.15, -0.1) is 0 Å². The summed E-state index contributed by atoms with van der Waals surface area (Å²) in [6.07, 6.45) is 1.17. The van der Waals surface area contributed by atoms with Crippen LogP contribution < -0.4 is 11.1 Å². The van der Waals surface area contributed by atoms with Crippen LogP contribution >= 0.6 is 11.6 Å². The zero-order chi connectivity index (χ0) is 20.3. The van der Waals surface area contributed by atoms with E-state index in [4.69, 9.17) is 17.3 Å². The second-order valence-corrected chi connectivity index (χ2v) is 8.91. The molecule has 0 spiro atoms. The molecule has 2 amide bonds. The van der Waals surface area contributed by atoms with Gasteiger partial charge in [0.05, 0.1) is 21.4 Å². The number of nitrogens with zero attached hydrogens (tertiary/aromatic N) is 1. The van der Waals surface area contributed by atoms with Crippen LogP contribution in [0.25, 0.3) is 0 Å². The number of halogens is 1. The summed E-state index contributed by atoms with van der Waals surface area (Å²) < 4.78 is 26.9. The number of nitrogens with one attached hydrogen (secondary N) is 1. The van der Waals surface area contributed by atoms with Crippen LogP contribution in [0.1, 0.15) is 23.2 Å². The van der Waals surface area contributed by atoms with Crippen molar-refractivity contribution in [3.05, 3.63) is 59.1 Å². The number of carbonyl (C=O) groups is 2. The summed E-state index contributed by atoms with van der Waals surface area (Å²) in [5.74, 6) is -1.44. The monoisotopic (exact) mass is 421 g/mol. The number of anilines is 1. The molecule has 1 saturated heterocycles. The quantitative estimate of drug-likeness (QED) is 0.772. The van der Waals surface area contributed by atoms with Gasteiger partial charge in [0.15, 0.2) is 0 Å². The summed E-state index contributed by atoms with van der Waals surface area (Å²) in [5, 5.41) is 2.87. The maximum Gasteiger partial charge on any atom is 0.250 e. The molecule has 0 bridgehead atoms. The van der Waals surface area contributed by atoms with Gasteiger partial charge in [-0.25, -0.2) is 8.42 Å². The highest BCUT2D eigenvalue weighted by atomic mass is 35.5. The molecule has 28 heavy (non-hydrogen) atoms. The van der Waals surface area contributed by atoms with Gasteiger partial charge in [0.25, 0.3) is 0 Å². The Morgan fingerprint density at radius 1 is 1.14 bits per heavy atom. The minimum Gasteiger partial charge on any atom is -0.366 e. The van der Waals surface area contributed by atoms with Crippen molar-refractivity contribution >= 4 is 39.1 Å². The fourth-order valence-electron chi connectivity index (χ4n) is 3.15. The Bertz CT molecular complexity index is 995. The van der Waals surface area contributed by atoms with Crippen LogP contribution in [0.3, 0.4) is 0 Å². The first-order valence-electron chi connectivity index (χ1n) is 8.74. The second kappa shape index (κ2) is 8.30. The van der Waals surface area contributed by atoms with Crippen LogP contribution in [0, 0.1) is 5.92 Å². The lowest BCUT2D eigenvalue weighted by atomic mass is 9.98. The second-order valence-electron chi connectivity index (χ2n) is 6.56. The van der Waals surface area contributed by atoms with E-state index in [1.54, 1.807) is 30.3 Å². The molecular formula is C19H20ClN3O4S. The summed E-state index contributed by atoms with van der Waals surface area (Å²) in [6.45, 7) is 0.482. The third-order valence-corrected chi connectivity index (χ3v) is 6.83. The van der Waals surface area contributed by atoms with E-state index in [-0.39, 0.29) is 27.9 Å². The molecule has 1 aliphatic heterocycles. The Morgan fingerprint density at radius 3 is 2.50 bits per heavy atom. The van der Waals surface area contributed by atoms with Gasteiger partial charge < -0.3 is 11.1 Å². The molecule has 3 N–H and O–H groups in total. The average Bonchev–Trinajstić information content (AvgIpc) is 2.68. The molecule has 0 aromatic heterocycles. The summed E-state index contributed by atoms with van der Waals surface area (Å²) in [5.41, 5.74) is 5.80. The predicted molar refractivity (Wildman–Crippen MR) is 107 cm³/mol. The van der Waals surface area contributed by atoms with E-state index in [1.165, 1.54) is 22.5 Å². The highest BCUT2D eigenvalue weighted by molar-refractivity contribution is 7.89. The molecule has 0 saturated carbocycles. The van der Waals surface area contributed by atoms with E-state index in [9.17, 15) is 18.0 Å². The number of hydrogen-bond donors (Lipinski definition) is 2. The lowest BCUT2D eigenvalue weighted by Crippen LogP contribution is -2.43. The third kappa shape index (κ3) is 4.35. The van der Waals surface area contributed by atoms with Crippen molar-refractivity contribution in [1.82, 2.24) is 4.31 Å². The number of piperidine rings is 1. The molecule has 1 atom stereocenters.